The molecule has 0 radical (unpaired) electrons. The zero-order chi connectivity index (χ0) is 33.8. The quantitative estimate of drug-likeness (QED) is 0.187. The first kappa shape index (κ1) is 38.2. The molecule has 2 aliphatic carbocycles. The Hall–Kier alpha value is -3.03. The molecule has 2 aromatic carbocycles. The fraction of sp³-hybridized carbons (Fsp3) is 0.605. The highest BCUT2D eigenvalue weighted by Gasteiger charge is 2.43. The van der Waals surface area contributed by atoms with Crippen molar-refractivity contribution in [2.45, 2.75) is 112 Å². The molecule has 2 unspecified atom stereocenters. The number of hydrogen-bond donors (Lipinski definition) is 4. The Balaban J connectivity index is 0.000000281. The molecule has 2 aliphatic rings. The lowest BCUT2D eigenvalue weighted by molar-refractivity contribution is -0.142. The van der Waals surface area contributed by atoms with E-state index in [2.05, 4.69) is 45.9 Å². The minimum atomic E-state index is -0.753. The molecule has 45 heavy (non-hydrogen) atoms. The van der Waals surface area contributed by atoms with Crippen LogP contribution in [-0.4, -0.2) is 51.4 Å². The van der Waals surface area contributed by atoms with E-state index < -0.39 is 11.9 Å². The van der Waals surface area contributed by atoms with Crippen molar-refractivity contribution in [1.82, 2.24) is 0 Å². The van der Waals surface area contributed by atoms with Gasteiger partial charge in [-0.2, -0.15) is 0 Å². The van der Waals surface area contributed by atoms with E-state index in [1.54, 1.807) is 0 Å². The molecular formula is C38H56O7. The molecule has 2 atom stereocenters. The summed E-state index contributed by atoms with van der Waals surface area (Å²) in [6, 6.07) is 12.2. The highest BCUT2D eigenvalue weighted by Crippen LogP contribution is 2.45. The maximum Gasteiger partial charge on any atom is 0.306 e. The van der Waals surface area contributed by atoms with Gasteiger partial charge in [-0.25, -0.2) is 0 Å². The highest BCUT2D eigenvalue weighted by atomic mass is 16.4. The first-order chi connectivity index (χ1) is 21.4. The van der Waals surface area contributed by atoms with Crippen LogP contribution in [0.2, 0.25) is 0 Å². The highest BCUT2D eigenvalue weighted by molar-refractivity contribution is 6.05. The molecule has 4 N–H and O–H groups in total. The van der Waals surface area contributed by atoms with Crippen molar-refractivity contribution in [3.63, 3.8) is 0 Å². The number of fused-ring (bicyclic) bond motifs is 2. The molecule has 0 aliphatic heterocycles. The third-order valence-corrected chi connectivity index (χ3v) is 10.6. The second kappa shape index (κ2) is 17.6. The predicted molar refractivity (Wildman–Crippen MR) is 179 cm³/mol. The molecule has 7 heteroatoms. The van der Waals surface area contributed by atoms with Crippen LogP contribution in [0.3, 0.4) is 0 Å². The van der Waals surface area contributed by atoms with Crippen LogP contribution < -0.4 is 0 Å². The van der Waals surface area contributed by atoms with Gasteiger partial charge in [0, 0.05) is 11.0 Å². The average molecular weight is 625 g/mol. The van der Waals surface area contributed by atoms with Crippen molar-refractivity contribution in [3.05, 3.63) is 69.8 Å². The normalized spacial score (nSPS) is 16.8. The summed E-state index contributed by atoms with van der Waals surface area (Å²) < 4.78 is 0. The number of carboxylic acid groups (broad SMARTS) is 2. The summed E-state index contributed by atoms with van der Waals surface area (Å²) in [4.78, 5) is 35.3. The fourth-order valence-electron chi connectivity index (χ4n) is 6.98. The molecule has 4 rings (SSSR count). The zero-order valence-corrected chi connectivity index (χ0v) is 28.3. The summed E-state index contributed by atoms with van der Waals surface area (Å²) in [6.45, 7) is 12.3. The molecule has 0 saturated heterocycles. The lowest BCUT2D eigenvalue weighted by Crippen LogP contribution is -2.26. The van der Waals surface area contributed by atoms with Gasteiger partial charge in [-0.3, -0.25) is 14.4 Å². The Bertz CT molecular complexity index is 1270. The molecule has 250 valence electrons. The summed E-state index contributed by atoms with van der Waals surface area (Å²) in [5, 5.41) is 33.8. The number of carbonyl (C=O) groups is 3. The molecule has 2 aromatic rings. The number of aliphatic hydroxyl groups is 2. The number of hydrogen-bond acceptors (Lipinski definition) is 5. The molecule has 0 bridgehead atoms. The number of aliphatic carboxylic acids is 2. The first-order valence-electron chi connectivity index (χ1n) is 16.9. The Kier molecular flexibility index (Phi) is 14.9. The van der Waals surface area contributed by atoms with Crippen molar-refractivity contribution >= 4 is 17.7 Å². The van der Waals surface area contributed by atoms with Crippen LogP contribution >= 0.6 is 0 Å². The maximum atomic E-state index is 12.7. The Labute approximate surface area is 270 Å². The van der Waals surface area contributed by atoms with Crippen LogP contribution in [0, 0.1) is 22.7 Å². The summed E-state index contributed by atoms with van der Waals surface area (Å²) >= 11 is 0. The van der Waals surface area contributed by atoms with Gasteiger partial charge in [0.1, 0.15) is 0 Å². The van der Waals surface area contributed by atoms with Crippen LogP contribution in [-0.2, 0) is 41.7 Å². The van der Waals surface area contributed by atoms with E-state index >= 15 is 0 Å². The topological polar surface area (TPSA) is 132 Å². The Morgan fingerprint density at radius 1 is 0.689 bits per heavy atom. The summed E-state index contributed by atoms with van der Waals surface area (Å²) in [5.41, 5.74) is 7.23. The molecule has 0 heterocycles. The maximum absolute atomic E-state index is 12.7. The van der Waals surface area contributed by atoms with Gasteiger partial charge in [-0.15, -0.1) is 0 Å². The molecule has 0 fully saturated rings. The standard InChI is InChI=1S/C18H24O3.C18H26O2.C2H6O2/c1-4-12(17(20)21)10-13-8-7-9-14-15(13)11-18(5-2,6-3)16(14)19;1-4-13(17(19)20)10-14-8-7-9-15-11-18(5-2,6-3)12-16(14)15;3-1-2-4/h7-9,12H,4-6,10-11H2,1-3H3,(H,20,21);7-9,13H,4-6,10-12H2,1-3H3,(H,19,20);3-4H,1-2H2. The molecule has 7 nitrogen and oxygen atoms in total. The number of carboxylic acids is 2. The number of rotatable bonds is 13. The smallest absolute Gasteiger partial charge is 0.306 e. The third-order valence-electron chi connectivity index (χ3n) is 10.6. The van der Waals surface area contributed by atoms with Gasteiger partial charge in [-0.05, 0) is 104 Å². The number of aliphatic hydroxyl groups excluding tert-OH is 2. The van der Waals surface area contributed by atoms with Crippen molar-refractivity contribution in [1.29, 1.82) is 0 Å². The van der Waals surface area contributed by atoms with Crippen molar-refractivity contribution in [3.8, 4) is 0 Å². The molecule has 0 spiro atoms. The number of benzene rings is 2. The van der Waals surface area contributed by atoms with Crippen LogP contribution in [0.15, 0.2) is 36.4 Å². The summed E-state index contributed by atoms with van der Waals surface area (Å²) in [7, 11) is 0. The van der Waals surface area contributed by atoms with Gasteiger partial charge >= 0.3 is 11.9 Å². The van der Waals surface area contributed by atoms with Gasteiger partial charge in [0.2, 0.25) is 0 Å². The monoisotopic (exact) mass is 624 g/mol. The zero-order valence-electron chi connectivity index (χ0n) is 28.3. The van der Waals surface area contributed by atoms with E-state index in [4.69, 9.17) is 10.2 Å². The second-order valence-corrected chi connectivity index (χ2v) is 12.8. The minimum Gasteiger partial charge on any atom is -0.481 e. The molecule has 0 aromatic heterocycles. The van der Waals surface area contributed by atoms with Gasteiger partial charge in [0.25, 0.3) is 0 Å². The molecule has 0 saturated carbocycles. The van der Waals surface area contributed by atoms with E-state index in [1.165, 1.54) is 29.5 Å². The lowest BCUT2D eigenvalue weighted by Gasteiger charge is -2.25. The van der Waals surface area contributed by atoms with E-state index in [0.29, 0.717) is 31.1 Å². The number of Topliss-reactive ketones (excluding diaryl/α,β-unsaturated/α-hetero) is 1. The van der Waals surface area contributed by atoms with Gasteiger partial charge < -0.3 is 20.4 Å². The lowest BCUT2D eigenvalue weighted by atomic mass is 9.78. The number of ketones is 1. The van der Waals surface area contributed by atoms with E-state index in [0.717, 1.165) is 48.8 Å². The van der Waals surface area contributed by atoms with Gasteiger partial charge in [0.15, 0.2) is 5.78 Å². The van der Waals surface area contributed by atoms with E-state index in [1.807, 2.05) is 32.0 Å². The summed E-state index contributed by atoms with van der Waals surface area (Å²) in [5.74, 6) is -1.80. The van der Waals surface area contributed by atoms with Crippen LogP contribution in [0.1, 0.15) is 118 Å². The summed E-state index contributed by atoms with van der Waals surface area (Å²) in [6.07, 6.45) is 9.64. The number of carbonyl (C=O) groups excluding carboxylic acids is 1. The van der Waals surface area contributed by atoms with Crippen molar-refractivity contribution in [2.24, 2.45) is 22.7 Å². The van der Waals surface area contributed by atoms with Gasteiger partial charge in [0.05, 0.1) is 25.0 Å². The van der Waals surface area contributed by atoms with Crippen LogP contribution in [0.5, 0.6) is 0 Å². The largest absolute Gasteiger partial charge is 0.481 e. The Morgan fingerprint density at radius 2 is 1.18 bits per heavy atom. The van der Waals surface area contributed by atoms with E-state index in [9.17, 15) is 24.6 Å². The minimum absolute atomic E-state index is 0.125. The average Bonchev–Trinajstić information content (AvgIpc) is 3.59. The fourth-order valence-corrected chi connectivity index (χ4v) is 6.98. The van der Waals surface area contributed by atoms with Crippen LogP contribution in [0.4, 0.5) is 0 Å². The van der Waals surface area contributed by atoms with Crippen LogP contribution in [0.25, 0.3) is 0 Å². The third kappa shape index (κ3) is 9.04. The predicted octanol–water partition coefficient (Wildman–Crippen LogP) is 7.10. The molecule has 0 amide bonds. The van der Waals surface area contributed by atoms with Gasteiger partial charge in [-0.1, -0.05) is 77.9 Å². The van der Waals surface area contributed by atoms with Crippen molar-refractivity contribution < 1.29 is 34.8 Å². The van der Waals surface area contributed by atoms with Crippen molar-refractivity contribution in [2.75, 3.05) is 13.2 Å². The van der Waals surface area contributed by atoms with E-state index in [-0.39, 0.29) is 36.2 Å². The SMILES string of the molecule is CCC(Cc1cccc2c1CC(CC)(CC)C2)C(=O)O.CCC(Cc1cccc2c1CC(CC)(CC)C2=O)C(=O)O.OCCO. The second-order valence-electron chi connectivity index (χ2n) is 12.8. The Morgan fingerprint density at radius 3 is 1.60 bits per heavy atom. The molecular weight excluding hydrogens is 568 g/mol. The first-order valence-corrected chi connectivity index (χ1v) is 16.9.